The third-order valence-electron chi connectivity index (χ3n) is 0.358. The van der Waals surface area contributed by atoms with Gasteiger partial charge in [0.25, 0.3) is 0 Å². The molecule has 10 heavy (non-hydrogen) atoms. The molecule has 0 amide bonds. The first kappa shape index (κ1) is 12.6. The van der Waals surface area contributed by atoms with Crippen molar-refractivity contribution in [2.24, 2.45) is 0 Å². The fourth-order valence-electron chi connectivity index (χ4n) is 0.0953. The van der Waals surface area contributed by atoms with Crippen LogP contribution in [-0.4, -0.2) is 6.26 Å². The van der Waals surface area contributed by atoms with Crippen molar-refractivity contribution in [3.63, 3.8) is 0 Å². The first-order valence-corrected chi connectivity index (χ1v) is 11.7. The van der Waals surface area contributed by atoms with E-state index in [4.69, 9.17) is 22.4 Å². The maximum atomic E-state index is 5.04. The number of hydrogen-bond donors (Lipinski definition) is 1. The lowest BCUT2D eigenvalue weighted by atomic mass is 12.0. The van der Waals surface area contributed by atoms with Crippen LogP contribution in [0.25, 0.3) is 0 Å². The summed E-state index contributed by atoms with van der Waals surface area (Å²) in [5.41, 5.74) is 0. The molecular weight excluding hydrogens is 281 g/mol. The molecule has 0 radical (unpaired) electrons. The highest BCUT2D eigenvalue weighted by Gasteiger charge is 1.98. The normalized spacial score (nSPS) is 11.8. The SMILES string of the molecule is CSSSSS(=S)(=S)NP. The second-order valence-corrected chi connectivity index (χ2v) is 15.8. The Kier molecular flexibility index (Phi) is 8.84. The van der Waals surface area contributed by atoms with Gasteiger partial charge in [0.1, 0.15) is 0 Å². The van der Waals surface area contributed by atoms with Gasteiger partial charge in [0.2, 0.25) is 0 Å². The minimum absolute atomic E-state index is 1.47. The Hall–Kier alpha value is 2.58. The van der Waals surface area contributed by atoms with Crippen LogP contribution < -0.4 is 4.49 Å². The van der Waals surface area contributed by atoms with Crippen molar-refractivity contribution < 1.29 is 0 Å². The second kappa shape index (κ2) is 7.03. The lowest BCUT2D eigenvalue weighted by Crippen LogP contribution is -2.01. The van der Waals surface area contributed by atoms with E-state index >= 15 is 0 Å². The summed E-state index contributed by atoms with van der Waals surface area (Å²) in [7, 11) is 8.92. The fraction of sp³-hybridized carbons (Fsp3) is 1.00. The molecule has 0 aromatic rings. The number of nitrogens with one attached hydrogen (secondary N) is 1. The van der Waals surface area contributed by atoms with Crippen LogP contribution in [0.2, 0.25) is 0 Å². The summed E-state index contributed by atoms with van der Waals surface area (Å²) in [5, 5.41) is 0. The molecule has 0 saturated carbocycles. The summed E-state index contributed by atoms with van der Waals surface area (Å²) in [6, 6.07) is 0. The van der Waals surface area contributed by atoms with Crippen molar-refractivity contribution in [3.8, 4) is 0 Å². The monoisotopic (exact) mass is 287 g/mol. The summed E-state index contributed by atoms with van der Waals surface area (Å²) in [6.07, 6.45) is 0.557. The maximum Gasteiger partial charge on any atom is 0.0315 e. The van der Waals surface area contributed by atoms with Gasteiger partial charge in [-0.1, -0.05) is 20.2 Å². The van der Waals surface area contributed by atoms with E-state index in [-0.39, 0.29) is 0 Å². The molecule has 0 aliphatic carbocycles. The van der Waals surface area contributed by atoms with Gasteiger partial charge in [-0.25, -0.2) is 4.49 Å². The Morgan fingerprint density at radius 3 is 2.40 bits per heavy atom. The Labute approximate surface area is 88.2 Å². The Bertz CT molecular complexity index is 160. The van der Waals surface area contributed by atoms with Crippen molar-refractivity contribution >= 4 is 78.4 Å². The predicted molar refractivity (Wildman–Crippen MR) is 71.2 cm³/mol. The lowest BCUT2D eigenvalue weighted by molar-refractivity contribution is 1.79. The molecule has 0 saturated heterocycles. The third kappa shape index (κ3) is 7.24. The lowest BCUT2D eigenvalue weighted by Gasteiger charge is -2.03. The third-order valence-corrected chi connectivity index (χ3v) is 15.7. The Morgan fingerprint density at radius 1 is 1.40 bits per heavy atom. The molecule has 0 fully saturated rings. The highest BCUT2D eigenvalue weighted by Crippen LogP contribution is 2.44. The van der Waals surface area contributed by atoms with E-state index in [1.807, 2.05) is 6.26 Å². The van der Waals surface area contributed by atoms with E-state index in [9.17, 15) is 0 Å². The topological polar surface area (TPSA) is 12.0 Å². The van der Waals surface area contributed by atoms with Crippen molar-refractivity contribution in [2.45, 2.75) is 0 Å². The molecule has 9 heteroatoms. The van der Waals surface area contributed by atoms with E-state index < -0.39 is 6.36 Å². The number of hydrogen-bond acceptors (Lipinski definition) is 6. The van der Waals surface area contributed by atoms with Crippen molar-refractivity contribution in [1.82, 2.24) is 4.49 Å². The average Bonchev–Trinajstić information content (AvgIpc) is 1.89. The van der Waals surface area contributed by atoms with Gasteiger partial charge in [-0.05, 0) is 38.5 Å². The highest BCUT2D eigenvalue weighted by molar-refractivity contribution is 9.38. The molecule has 0 spiro atoms. The van der Waals surface area contributed by atoms with Crippen LogP contribution in [0.15, 0.2) is 0 Å². The van der Waals surface area contributed by atoms with E-state index in [2.05, 4.69) is 13.9 Å². The Balaban J connectivity index is 3.49. The van der Waals surface area contributed by atoms with Gasteiger partial charge in [-0.15, -0.1) is 0 Å². The zero-order valence-corrected chi connectivity index (χ0v) is 11.8. The highest BCUT2D eigenvalue weighted by atomic mass is 33.9. The van der Waals surface area contributed by atoms with E-state index in [0.29, 0.717) is 0 Å². The van der Waals surface area contributed by atoms with Gasteiger partial charge in [-0.2, -0.15) is 0 Å². The molecule has 0 aromatic carbocycles. The van der Waals surface area contributed by atoms with Crippen LogP contribution in [0, 0.1) is 0 Å². The molecule has 0 heterocycles. The fourth-order valence-corrected chi connectivity index (χ4v) is 13.2. The molecule has 0 aliphatic heterocycles. The standard InChI is InChI=1S/CH6NPS7/c1-6-7-8-9-10(4,5)2-3/h2H,3H2,1H3. The first-order valence-electron chi connectivity index (χ1n) is 1.90. The van der Waals surface area contributed by atoms with E-state index in [0.717, 1.165) is 0 Å². The van der Waals surface area contributed by atoms with E-state index in [1.54, 1.807) is 40.3 Å². The van der Waals surface area contributed by atoms with Gasteiger partial charge in [0.15, 0.2) is 0 Å². The first-order chi connectivity index (χ1) is 4.62. The maximum absolute atomic E-state index is 5.04. The summed E-state index contributed by atoms with van der Waals surface area (Å²) >= 11 is 10.1. The average molecular weight is 288 g/mol. The van der Waals surface area contributed by atoms with Crippen molar-refractivity contribution in [3.05, 3.63) is 0 Å². The van der Waals surface area contributed by atoms with Crippen LogP contribution in [-0.2, 0) is 28.7 Å². The summed E-state index contributed by atoms with van der Waals surface area (Å²) in [6.45, 7) is 0. The molecule has 0 rings (SSSR count). The number of rotatable bonds is 5. The molecule has 0 bridgehead atoms. The molecule has 0 aromatic heterocycles. The summed E-state index contributed by atoms with van der Waals surface area (Å²) < 4.78 is 2.85. The Morgan fingerprint density at radius 2 is 2.00 bits per heavy atom. The van der Waals surface area contributed by atoms with Gasteiger partial charge in [-0.3, -0.25) is 0 Å². The zero-order valence-electron chi connectivity index (χ0n) is 4.94. The molecule has 1 unspecified atom stereocenters. The molecule has 1 nitrogen and oxygen atoms in total. The van der Waals surface area contributed by atoms with Crippen LogP contribution in [0.4, 0.5) is 0 Å². The minimum atomic E-state index is -1.47. The molecule has 62 valence electrons. The van der Waals surface area contributed by atoms with Gasteiger partial charge >= 0.3 is 0 Å². The minimum Gasteiger partial charge on any atom is -0.233 e. The van der Waals surface area contributed by atoms with Crippen LogP contribution in [0.5, 0.6) is 0 Å². The molecule has 0 aliphatic rings. The molecule has 1 N–H and O–H groups in total. The largest absolute Gasteiger partial charge is 0.233 e. The summed E-state index contributed by atoms with van der Waals surface area (Å²) in [5.74, 6) is 0. The van der Waals surface area contributed by atoms with Gasteiger partial charge < -0.3 is 0 Å². The quantitative estimate of drug-likeness (QED) is 0.468. The van der Waals surface area contributed by atoms with Gasteiger partial charge in [0, 0.05) is 26.0 Å². The summed E-state index contributed by atoms with van der Waals surface area (Å²) in [4.78, 5) is 0. The molecular formula is CH6NPS7. The van der Waals surface area contributed by atoms with Crippen molar-refractivity contribution in [1.29, 1.82) is 0 Å². The van der Waals surface area contributed by atoms with Crippen LogP contribution >= 0.6 is 49.7 Å². The van der Waals surface area contributed by atoms with E-state index in [1.165, 1.54) is 0 Å². The smallest absolute Gasteiger partial charge is 0.0315 e. The van der Waals surface area contributed by atoms with Crippen LogP contribution in [0.3, 0.4) is 0 Å². The second-order valence-electron chi connectivity index (χ2n) is 0.943. The van der Waals surface area contributed by atoms with Crippen LogP contribution in [0.1, 0.15) is 0 Å². The van der Waals surface area contributed by atoms with Crippen molar-refractivity contribution in [2.75, 3.05) is 6.26 Å². The molecule has 1 atom stereocenters. The predicted octanol–water partition coefficient (Wildman–Crippen LogP) is 2.58. The van der Waals surface area contributed by atoms with Gasteiger partial charge in [0.05, 0.1) is 0 Å². The zero-order chi connectivity index (χ0) is 8.04.